The molecule has 1 aromatic heterocycles. The molecule has 0 spiro atoms. The van der Waals surface area contributed by atoms with E-state index in [9.17, 15) is 18.4 Å². The Kier molecular flexibility index (Phi) is 6.85. The highest BCUT2D eigenvalue weighted by molar-refractivity contribution is 7.14. The van der Waals surface area contributed by atoms with Crippen LogP contribution < -0.4 is 15.4 Å². The molecule has 3 rings (SSSR count). The number of carbonyl (C=O) groups is 2. The zero-order valence-corrected chi connectivity index (χ0v) is 15.9. The molecule has 0 radical (unpaired) electrons. The zero-order chi connectivity index (χ0) is 20.6. The Labute approximate surface area is 169 Å². The second-order valence-electron chi connectivity index (χ2n) is 5.83. The van der Waals surface area contributed by atoms with Crippen molar-refractivity contribution in [2.45, 2.75) is 13.0 Å². The molecule has 0 aliphatic carbocycles. The van der Waals surface area contributed by atoms with Crippen LogP contribution in [-0.2, 0) is 4.79 Å². The minimum absolute atomic E-state index is 0.00861. The molecule has 0 saturated heterocycles. The first-order chi connectivity index (χ1) is 14.0. The topological polar surface area (TPSA) is 80.3 Å². The summed E-state index contributed by atoms with van der Waals surface area (Å²) in [6, 6.07) is 15.0. The molecule has 0 bridgehead atoms. The fourth-order valence-corrected chi connectivity index (χ4v) is 3.22. The molecular weight excluding hydrogens is 400 g/mol. The van der Waals surface area contributed by atoms with Gasteiger partial charge in [0.2, 0.25) is 5.91 Å². The lowest BCUT2D eigenvalue weighted by Gasteiger charge is -2.08. The molecule has 0 aliphatic rings. The van der Waals surface area contributed by atoms with E-state index in [0.29, 0.717) is 22.0 Å². The molecule has 9 heteroatoms. The highest BCUT2D eigenvalue weighted by atomic mass is 32.1. The van der Waals surface area contributed by atoms with Gasteiger partial charge >= 0.3 is 6.61 Å². The average Bonchev–Trinajstić information content (AvgIpc) is 3.16. The first-order valence-electron chi connectivity index (χ1n) is 8.66. The molecule has 0 unspecified atom stereocenters. The summed E-state index contributed by atoms with van der Waals surface area (Å²) in [7, 11) is 0. The van der Waals surface area contributed by atoms with Crippen LogP contribution in [0.4, 0.5) is 13.9 Å². The van der Waals surface area contributed by atoms with Gasteiger partial charge in [0.05, 0.1) is 5.69 Å². The first-order valence-corrected chi connectivity index (χ1v) is 9.54. The number of carbonyl (C=O) groups excluding carboxylic acids is 2. The summed E-state index contributed by atoms with van der Waals surface area (Å²) in [5.74, 6) is -0.573. The SMILES string of the molecule is O=C(CCNC(=O)c1ccccc1)Nc1nc(-c2ccccc2OC(F)F)cs1. The maximum absolute atomic E-state index is 12.6. The lowest BCUT2D eigenvalue weighted by molar-refractivity contribution is -0.116. The lowest BCUT2D eigenvalue weighted by atomic mass is 10.1. The van der Waals surface area contributed by atoms with Gasteiger partial charge in [-0.25, -0.2) is 4.98 Å². The summed E-state index contributed by atoms with van der Waals surface area (Å²) < 4.78 is 29.6. The Morgan fingerprint density at radius 1 is 1.07 bits per heavy atom. The monoisotopic (exact) mass is 417 g/mol. The molecule has 3 aromatic rings. The minimum Gasteiger partial charge on any atom is -0.434 e. The van der Waals surface area contributed by atoms with Crippen molar-refractivity contribution >= 4 is 28.3 Å². The molecule has 1 heterocycles. The van der Waals surface area contributed by atoms with Gasteiger partial charge in [-0.05, 0) is 24.3 Å². The highest BCUT2D eigenvalue weighted by Crippen LogP contribution is 2.32. The van der Waals surface area contributed by atoms with E-state index in [1.165, 1.54) is 6.07 Å². The number of alkyl halides is 2. The number of rotatable bonds is 8. The summed E-state index contributed by atoms with van der Waals surface area (Å²) in [4.78, 5) is 28.3. The number of anilines is 1. The Morgan fingerprint density at radius 3 is 2.55 bits per heavy atom. The van der Waals surface area contributed by atoms with Crippen LogP contribution in [0.1, 0.15) is 16.8 Å². The number of aromatic nitrogens is 1. The van der Waals surface area contributed by atoms with Gasteiger partial charge in [-0.1, -0.05) is 30.3 Å². The van der Waals surface area contributed by atoms with Gasteiger partial charge in [0.15, 0.2) is 5.13 Å². The van der Waals surface area contributed by atoms with Gasteiger partial charge in [-0.15, -0.1) is 11.3 Å². The van der Waals surface area contributed by atoms with Crippen molar-refractivity contribution in [3.8, 4) is 17.0 Å². The number of nitrogens with zero attached hydrogens (tertiary/aromatic N) is 1. The van der Waals surface area contributed by atoms with E-state index in [1.54, 1.807) is 47.8 Å². The Bertz CT molecular complexity index is 980. The van der Waals surface area contributed by atoms with Gasteiger partial charge < -0.3 is 15.4 Å². The predicted octanol–water partition coefficient (Wildman–Crippen LogP) is 4.17. The number of amides is 2. The third-order valence-corrected chi connectivity index (χ3v) is 4.56. The summed E-state index contributed by atoms with van der Waals surface area (Å²) in [6.07, 6.45) is 0.0680. The number of ether oxygens (including phenoxy) is 1. The number of hydrogen-bond donors (Lipinski definition) is 2. The van der Waals surface area contributed by atoms with Crippen LogP contribution in [0.15, 0.2) is 60.0 Å². The molecular formula is C20H17F2N3O3S. The summed E-state index contributed by atoms with van der Waals surface area (Å²) in [6.45, 7) is -2.77. The molecule has 2 amide bonds. The molecule has 0 saturated carbocycles. The first kappa shape index (κ1) is 20.4. The van der Waals surface area contributed by atoms with E-state index < -0.39 is 6.61 Å². The maximum Gasteiger partial charge on any atom is 0.387 e. The van der Waals surface area contributed by atoms with Gasteiger partial charge in [-0.2, -0.15) is 8.78 Å². The Morgan fingerprint density at radius 2 is 1.79 bits per heavy atom. The van der Waals surface area contributed by atoms with Crippen LogP contribution in [-0.4, -0.2) is 30.0 Å². The standard InChI is InChI=1S/C20H17F2N3O3S/c21-19(22)28-16-9-5-4-8-14(16)15-12-29-20(24-15)25-17(26)10-11-23-18(27)13-6-2-1-3-7-13/h1-9,12,19H,10-11H2,(H,23,27)(H,24,25,26). The second-order valence-corrected chi connectivity index (χ2v) is 6.69. The van der Waals surface area contributed by atoms with Crippen molar-refractivity contribution in [1.82, 2.24) is 10.3 Å². The fourth-order valence-electron chi connectivity index (χ4n) is 2.49. The smallest absolute Gasteiger partial charge is 0.387 e. The van der Waals surface area contributed by atoms with E-state index >= 15 is 0 Å². The Hall–Kier alpha value is -3.33. The van der Waals surface area contributed by atoms with E-state index in [1.807, 2.05) is 6.07 Å². The van der Waals surface area contributed by atoms with E-state index in [2.05, 4.69) is 20.4 Å². The molecule has 2 N–H and O–H groups in total. The van der Waals surface area contributed by atoms with Crippen molar-refractivity contribution in [2.75, 3.05) is 11.9 Å². The maximum atomic E-state index is 12.6. The second kappa shape index (κ2) is 9.74. The van der Waals surface area contributed by atoms with Crippen molar-refractivity contribution < 1.29 is 23.1 Å². The van der Waals surface area contributed by atoms with Crippen LogP contribution in [0.5, 0.6) is 5.75 Å². The zero-order valence-electron chi connectivity index (χ0n) is 15.1. The van der Waals surface area contributed by atoms with Gasteiger partial charge in [-0.3, -0.25) is 9.59 Å². The quantitative estimate of drug-likeness (QED) is 0.577. The van der Waals surface area contributed by atoms with Crippen LogP contribution in [0, 0.1) is 0 Å². The fraction of sp³-hybridized carbons (Fsp3) is 0.150. The molecule has 2 aromatic carbocycles. The molecule has 0 aliphatic heterocycles. The van der Waals surface area contributed by atoms with Crippen molar-refractivity contribution in [2.24, 2.45) is 0 Å². The number of halogens is 2. The lowest BCUT2D eigenvalue weighted by Crippen LogP contribution is -2.27. The number of thiazole rings is 1. The normalized spacial score (nSPS) is 10.6. The number of benzene rings is 2. The van der Waals surface area contributed by atoms with E-state index in [0.717, 1.165) is 11.3 Å². The van der Waals surface area contributed by atoms with Crippen LogP contribution in [0.25, 0.3) is 11.3 Å². The van der Waals surface area contributed by atoms with E-state index in [4.69, 9.17) is 0 Å². The Balaban J connectivity index is 1.54. The largest absolute Gasteiger partial charge is 0.434 e. The summed E-state index contributed by atoms with van der Waals surface area (Å²) in [5, 5.41) is 7.27. The summed E-state index contributed by atoms with van der Waals surface area (Å²) in [5.41, 5.74) is 1.33. The van der Waals surface area contributed by atoms with Crippen LogP contribution >= 0.6 is 11.3 Å². The van der Waals surface area contributed by atoms with Crippen molar-refractivity contribution in [1.29, 1.82) is 0 Å². The number of para-hydroxylation sites is 1. The van der Waals surface area contributed by atoms with Crippen molar-refractivity contribution in [3.63, 3.8) is 0 Å². The predicted molar refractivity (Wildman–Crippen MR) is 106 cm³/mol. The molecule has 0 fully saturated rings. The van der Waals surface area contributed by atoms with Gasteiger partial charge in [0.25, 0.3) is 5.91 Å². The highest BCUT2D eigenvalue weighted by Gasteiger charge is 2.14. The van der Waals surface area contributed by atoms with Crippen LogP contribution in [0.3, 0.4) is 0 Å². The van der Waals surface area contributed by atoms with E-state index in [-0.39, 0.29) is 30.5 Å². The number of hydrogen-bond acceptors (Lipinski definition) is 5. The van der Waals surface area contributed by atoms with Gasteiger partial charge in [0.1, 0.15) is 5.75 Å². The summed E-state index contributed by atoms with van der Waals surface area (Å²) >= 11 is 1.16. The average molecular weight is 417 g/mol. The third kappa shape index (κ3) is 5.82. The number of nitrogens with one attached hydrogen (secondary N) is 2. The van der Waals surface area contributed by atoms with Crippen molar-refractivity contribution in [3.05, 3.63) is 65.5 Å². The molecule has 29 heavy (non-hydrogen) atoms. The van der Waals surface area contributed by atoms with Gasteiger partial charge in [0, 0.05) is 29.5 Å². The molecule has 6 nitrogen and oxygen atoms in total. The minimum atomic E-state index is -2.94. The molecule has 0 atom stereocenters. The van der Waals surface area contributed by atoms with Crippen LogP contribution in [0.2, 0.25) is 0 Å². The third-order valence-electron chi connectivity index (χ3n) is 3.80. The molecule has 150 valence electrons.